The number of hydrogen-bond acceptors (Lipinski definition) is 3. The van der Waals surface area contributed by atoms with Gasteiger partial charge in [0.1, 0.15) is 6.04 Å². The Bertz CT molecular complexity index is 709. The van der Waals surface area contributed by atoms with E-state index in [2.05, 4.69) is 60.7 Å². The van der Waals surface area contributed by atoms with E-state index in [0.717, 1.165) is 12.1 Å². The van der Waals surface area contributed by atoms with Crippen LogP contribution >= 0.6 is 0 Å². The maximum Gasteiger partial charge on any atom is 0.273 e. The molecule has 2 heterocycles. The summed E-state index contributed by atoms with van der Waals surface area (Å²) >= 11 is 0. The maximum absolute atomic E-state index is 12.4. The maximum atomic E-state index is 12.4. The number of carbonyl (C=O) groups is 1. The van der Waals surface area contributed by atoms with Gasteiger partial charge in [-0.1, -0.05) is 35.0 Å². The number of likely N-dealkylation sites (tertiary alicyclic amines) is 1. The largest absolute Gasteiger partial charge is 0.345 e. The van der Waals surface area contributed by atoms with Crippen LogP contribution in [0.5, 0.6) is 0 Å². The molecule has 0 aliphatic carbocycles. The summed E-state index contributed by atoms with van der Waals surface area (Å²) in [6, 6.07) is 8.91. The van der Waals surface area contributed by atoms with E-state index in [0.29, 0.717) is 18.3 Å². The molecule has 6 heteroatoms. The minimum Gasteiger partial charge on any atom is -0.345 e. The lowest BCUT2D eigenvalue weighted by Crippen LogP contribution is -3.14. The molecule has 1 aliphatic rings. The van der Waals surface area contributed by atoms with E-state index < -0.39 is 0 Å². The fourth-order valence-electron chi connectivity index (χ4n) is 3.57. The lowest BCUT2D eigenvalue weighted by molar-refractivity contribution is -0.909. The first kappa shape index (κ1) is 17.6. The molecule has 1 unspecified atom stereocenters. The Kier molecular flexibility index (Phi) is 5.48. The number of aryl methyl sites for hydroxylation is 1. The minimum atomic E-state index is -0.135. The van der Waals surface area contributed by atoms with Gasteiger partial charge in [-0.3, -0.25) is 4.79 Å². The molecule has 2 aromatic rings. The van der Waals surface area contributed by atoms with Crippen molar-refractivity contribution in [2.24, 2.45) is 0 Å². The Morgan fingerprint density at radius 2 is 2.16 bits per heavy atom. The summed E-state index contributed by atoms with van der Waals surface area (Å²) in [5, 5.41) is 11.2. The highest BCUT2D eigenvalue weighted by Gasteiger charge is 2.27. The molecule has 1 aromatic carbocycles. The molecule has 6 nitrogen and oxygen atoms in total. The van der Waals surface area contributed by atoms with Gasteiger partial charge in [0.05, 0.1) is 31.9 Å². The molecule has 1 aromatic heterocycles. The topological polar surface area (TPSA) is 64.2 Å². The number of amides is 1. The molecule has 25 heavy (non-hydrogen) atoms. The van der Waals surface area contributed by atoms with E-state index in [-0.39, 0.29) is 11.9 Å². The summed E-state index contributed by atoms with van der Waals surface area (Å²) in [5.74, 6) is -0.135. The van der Waals surface area contributed by atoms with Crippen LogP contribution in [0.25, 0.3) is 0 Å². The zero-order valence-electron chi connectivity index (χ0n) is 15.3. The fourth-order valence-corrected chi connectivity index (χ4v) is 3.57. The number of nitrogens with one attached hydrogen (secondary N) is 2. The van der Waals surface area contributed by atoms with Crippen molar-refractivity contribution in [3.05, 3.63) is 47.3 Å². The molecule has 1 amide bonds. The van der Waals surface area contributed by atoms with Crippen LogP contribution in [0.3, 0.4) is 0 Å². The second-order valence-electron chi connectivity index (χ2n) is 6.98. The van der Waals surface area contributed by atoms with Crippen LogP contribution in [0.4, 0.5) is 0 Å². The Morgan fingerprint density at radius 1 is 1.40 bits per heavy atom. The summed E-state index contributed by atoms with van der Waals surface area (Å²) in [6.07, 6.45) is 4.16. The van der Waals surface area contributed by atoms with Crippen LogP contribution in [0.15, 0.2) is 30.5 Å². The van der Waals surface area contributed by atoms with E-state index in [1.54, 1.807) is 15.8 Å². The Balaban J connectivity index is 1.60. The quantitative estimate of drug-likeness (QED) is 0.823. The van der Waals surface area contributed by atoms with E-state index in [1.165, 1.54) is 24.9 Å². The molecule has 0 saturated carbocycles. The van der Waals surface area contributed by atoms with Crippen molar-refractivity contribution in [3.63, 3.8) is 0 Å². The van der Waals surface area contributed by atoms with Crippen molar-refractivity contribution in [2.75, 3.05) is 19.6 Å². The molecule has 0 spiro atoms. The smallest absolute Gasteiger partial charge is 0.273 e. The fraction of sp³-hybridized carbons (Fsp3) is 0.526. The van der Waals surface area contributed by atoms with Gasteiger partial charge in [0.2, 0.25) is 0 Å². The number of carbonyl (C=O) groups excluding carboxylic acids is 1. The third kappa shape index (κ3) is 4.07. The number of rotatable bonds is 6. The van der Waals surface area contributed by atoms with Crippen molar-refractivity contribution in [1.29, 1.82) is 0 Å². The van der Waals surface area contributed by atoms with E-state index in [4.69, 9.17) is 0 Å². The van der Waals surface area contributed by atoms with E-state index >= 15 is 0 Å². The van der Waals surface area contributed by atoms with Gasteiger partial charge in [-0.2, -0.15) is 0 Å². The summed E-state index contributed by atoms with van der Waals surface area (Å²) in [6.45, 7) is 9.36. The first-order valence-electron chi connectivity index (χ1n) is 9.19. The van der Waals surface area contributed by atoms with Crippen LogP contribution in [0.2, 0.25) is 0 Å². The van der Waals surface area contributed by atoms with Crippen LogP contribution in [-0.2, 0) is 0 Å². The molecule has 1 saturated heterocycles. The first-order valence-corrected chi connectivity index (χ1v) is 9.19. The molecular formula is C19H28N5O+. The van der Waals surface area contributed by atoms with Crippen molar-refractivity contribution in [1.82, 2.24) is 20.3 Å². The molecule has 1 fully saturated rings. The normalized spacial score (nSPS) is 21.2. The predicted molar refractivity (Wildman–Crippen MR) is 96.7 cm³/mol. The van der Waals surface area contributed by atoms with Crippen molar-refractivity contribution in [3.8, 4) is 0 Å². The second kappa shape index (κ2) is 7.78. The standard InChI is InChI=1S/C19H27N5O/c1-4-23-11-5-6-17(23)12-20-19(25)18-13-24(22-21-18)15(3)16-9-7-14(2)8-10-16/h7-10,13,15,17H,4-6,11-12H2,1-3H3,(H,20,25)/p+1/t15-,17+/m0/s1. The highest BCUT2D eigenvalue weighted by molar-refractivity contribution is 5.91. The summed E-state index contributed by atoms with van der Waals surface area (Å²) in [7, 11) is 0. The number of likely N-dealkylation sites (N-methyl/N-ethyl adjacent to an activating group) is 1. The van der Waals surface area contributed by atoms with Crippen molar-refractivity contribution in [2.45, 2.75) is 45.7 Å². The number of aromatic nitrogens is 3. The average Bonchev–Trinajstić information content (AvgIpc) is 3.29. The zero-order valence-corrected chi connectivity index (χ0v) is 15.3. The number of nitrogens with zero attached hydrogens (tertiary/aromatic N) is 3. The van der Waals surface area contributed by atoms with Crippen LogP contribution in [0, 0.1) is 6.92 Å². The van der Waals surface area contributed by atoms with Gasteiger partial charge in [-0.05, 0) is 26.3 Å². The highest BCUT2D eigenvalue weighted by Crippen LogP contribution is 2.17. The molecule has 1 aliphatic heterocycles. The SMILES string of the molecule is CC[NH+]1CCC[C@@H]1CNC(=O)c1cn([C@@H](C)c2ccc(C)cc2)nn1. The average molecular weight is 342 g/mol. The lowest BCUT2D eigenvalue weighted by Gasteiger charge is -2.19. The summed E-state index contributed by atoms with van der Waals surface area (Å²) in [5.41, 5.74) is 2.76. The zero-order chi connectivity index (χ0) is 17.8. The molecule has 3 rings (SSSR count). The van der Waals surface area contributed by atoms with Gasteiger partial charge in [-0.25, -0.2) is 4.68 Å². The lowest BCUT2D eigenvalue weighted by atomic mass is 10.1. The van der Waals surface area contributed by atoms with Gasteiger partial charge < -0.3 is 10.2 Å². The monoisotopic (exact) mass is 342 g/mol. The van der Waals surface area contributed by atoms with Crippen molar-refractivity contribution >= 4 is 5.91 Å². The third-order valence-corrected chi connectivity index (χ3v) is 5.29. The van der Waals surface area contributed by atoms with Crippen molar-refractivity contribution < 1.29 is 9.69 Å². The van der Waals surface area contributed by atoms with Gasteiger partial charge in [0.15, 0.2) is 5.69 Å². The molecule has 2 N–H and O–H groups in total. The Morgan fingerprint density at radius 3 is 2.88 bits per heavy atom. The van der Waals surface area contributed by atoms with E-state index in [9.17, 15) is 4.79 Å². The Labute approximate surface area is 149 Å². The summed E-state index contributed by atoms with van der Waals surface area (Å²) in [4.78, 5) is 14.0. The predicted octanol–water partition coefficient (Wildman–Crippen LogP) is 0.993. The van der Waals surface area contributed by atoms with Gasteiger partial charge in [0, 0.05) is 12.8 Å². The highest BCUT2D eigenvalue weighted by atomic mass is 16.2. The third-order valence-electron chi connectivity index (χ3n) is 5.29. The molecule has 0 bridgehead atoms. The molecule has 3 atom stereocenters. The van der Waals surface area contributed by atoms with Gasteiger partial charge in [-0.15, -0.1) is 5.10 Å². The summed E-state index contributed by atoms with van der Waals surface area (Å²) < 4.78 is 1.75. The number of hydrogen-bond donors (Lipinski definition) is 2. The molecular weight excluding hydrogens is 314 g/mol. The molecule has 0 radical (unpaired) electrons. The van der Waals surface area contributed by atoms with Crippen LogP contribution in [0.1, 0.15) is 54.3 Å². The van der Waals surface area contributed by atoms with Gasteiger partial charge >= 0.3 is 0 Å². The van der Waals surface area contributed by atoms with E-state index in [1.807, 2.05) is 0 Å². The number of quaternary nitrogens is 1. The Hall–Kier alpha value is -2.21. The molecule has 134 valence electrons. The second-order valence-corrected chi connectivity index (χ2v) is 6.98. The van der Waals surface area contributed by atoms with Crippen LogP contribution in [-0.4, -0.2) is 46.6 Å². The minimum absolute atomic E-state index is 0.0458. The number of benzene rings is 1. The first-order chi connectivity index (χ1) is 12.1. The van der Waals surface area contributed by atoms with Gasteiger partial charge in [0.25, 0.3) is 5.91 Å². The van der Waals surface area contributed by atoms with Crippen LogP contribution < -0.4 is 10.2 Å².